The molecular weight excluding hydrogens is 276 g/mol. The van der Waals surface area contributed by atoms with Crippen LogP contribution in [-0.2, 0) is 4.74 Å². The molecular formula is C18H28N2O2. The molecule has 1 unspecified atom stereocenters. The van der Waals surface area contributed by atoms with Crippen LogP contribution in [0.25, 0.3) is 0 Å². The Balaban J connectivity index is 2.28. The summed E-state index contributed by atoms with van der Waals surface area (Å²) in [4.78, 5) is 12.0. The molecule has 22 heavy (non-hydrogen) atoms. The van der Waals surface area contributed by atoms with Crippen LogP contribution >= 0.6 is 0 Å². The van der Waals surface area contributed by atoms with Gasteiger partial charge in [0.2, 0.25) is 0 Å². The van der Waals surface area contributed by atoms with Crippen molar-refractivity contribution >= 4 is 17.5 Å². The number of rotatable bonds is 1. The lowest BCUT2D eigenvalue weighted by molar-refractivity contribution is 0.0636. The maximum Gasteiger partial charge on any atom is 0.412 e. The average Bonchev–Trinajstić information content (AvgIpc) is 2.30. The van der Waals surface area contributed by atoms with Crippen LogP contribution in [0.4, 0.5) is 16.2 Å². The molecule has 2 rings (SSSR count). The summed E-state index contributed by atoms with van der Waals surface area (Å²) in [5.41, 5.74) is 3.86. The van der Waals surface area contributed by atoms with Crippen molar-refractivity contribution in [1.82, 2.24) is 0 Å². The molecule has 1 amide bonds. The number of carbonyl (C=O) groups is 1. The Morgan fingerprint density at radius 1 is 1.36 bits per heavy atom. The van der Waals surface area contributed by atoms with Crippen molar-refractivity contribution in [3.05, 3.63) is 23.3 Å². The highest BCUT2D eigenvalue weighted by molar-refractivity contribution is 5.88. The number of ether oxygens (including phenoxy) is 1. The number of hydrogen-bond donors (Lipinski definition) is 2. The lowest BCUT2D eigenvalue weighted by Gasteiger charge is -2.39. The van der Waals surface area contributed by atoms with Gasteiger partial charge in [0.1, 0.15) is 5.60 Å². The summed E-state index contributed by atoms with van der Waals surface area (Å²) in [6, 6.07) is 4.07. The van der Waals surface area contributed by atoms with Gasteiger partial charge in [0.25, 0.3) is 0 Å². The zero-order valence-corrected chi connectivity index (χ0v) is 14.8. The highest BCUT2D eigenvalue weighted by atomic mass is 16.6. The fourth-order valence-corrected chi connectivity index (χ4v) is 3.12. The van der Waals surface area contributed by atoms with Gasteiger partial charge in [-0.15, -0.1) is 0 Å². The lowest BCUT2D eigenvalue weighted by Crippen LogP contribution is -2.37. The zero-order chi connectivity index (χ0) is 16.7. The summed E-state index contributed by atoms with van der Waals surface area (Å²) in [6.07, 6.45) is 0.678. The number of fused-ring (bicyclic) bond motifs is 1. The topological polar surface area (TPSA) is 50.4 Å². The third-order valence-electron chi connectivity index (χ3n) is 3.94. The van der Waals surface area contributed by atoms with E-state index in [1.54, 1.807) is 0 Å². The molecule has 1 aromatic carbocycles. The Kier molecular flexibility index (Phi) is 4.16. The second kappa shape index (κ2) is 5.49. The summed E-state index contributed by atoms with van der Waals surface area (Å²) in [5.74, 6) is 0.500. The fraction of sp³-hybridized carbons (Fsp3) is 0.611. The van der Waals surface area contributed by atoms with E-state index < -0.39 is 11.7 Å². The third kappa shape index (κ3) is 3.73. The van der Waals surface area contributed by atoms with E-state index in [4.69, 9.17) is 4.74 Å². The van der Waals surface area contributed by atoms with E-state index in [9.17, 15) is 4.79 Å². The molecule has 0 bridgehead atoms. The number of carbonyl (C=O) groups excluding carboxylic acids is 1. The van der Waals surface area contributed by atoms with Gasteiger partial charge < -0.3 is 10.1 Å². The summed E-state index contributed by atoms with van der Waals surface area (Å²) in [5, 5.41) is 6.46. The molecule has 2 N–H and O–H groups in total. The fourth-order valence-electron chi connectivity index (χ4n) is 3.12. The Morgan fingerprint density at radius 2 is 2.00 bits per heavy atom. The van der Waals surface area contributed by atoms with Crippen LogP contribution < -0.4 is 10.6 Å². The molecule has 0 aromatic heterocycles. The smallest absolute Gasteiger partial charge is 0.412 e. The van der Waals surface area contributed by atoms with E-state index >= 15 is 0 Å². The van der Waals surface area contributed by atoms with E-state index in [2.05, 4.69) is 37.5 Å². The number of anilines is 2. The highest BCUT2D eigenvalue weighted by Crippen LogP contribution is 2.42. The Bertz CT molecular complexity index is 585. The van der Waals surface area contributed by atoms with Crippen LogP contribution in [0.15, 0.2) is 12.1 Å². The van der Waals surface area contributed by atoms with E-state index in [1.807, 2.05) is 33.8 Å². The first-order valence-corrected chi connectivity index (χ1v) is 7.90. The molecule has 0 saturated heterocycles. The van der Waals surface area contributed by atoms with Crippen molar-refractivity contribution in [2.24, 2.45) is 0 Å². The zero-order valence-electron chi connectivity index (χ0n) is 14.8. The van der Waals surface area contributed by atoms with Crippen LogP contribution in [0.5, 0.6) is 0 Å². The average molecular weight is 304 g/mol. The van der Waals surface area contributed by atoms with Crippen molar-refractivity contribution in [3.63, 3.8) is 0 Å². The van der Waals surface area contributed by atoms with E-state index in [1.165, 1.54) is 5.56 Å². The van der Waals surface area contributed by atoms with Gasteiger partial charge >= 0.3 is 6.09 Å². The van der Waals surface area contributed by atoms with E-state index in [0.29, 0.717) is 5.92 Å². The number of nitrogens with one attached hydrogen (secondary N) is 2. The molecule has 1 aliphatic rings. The van der Waals surface area contributed by atoms with E-state index in [0.717, 1.165) is 23.4 Å². The van der Waals surface area contributed by atoms with Crippen molar-refractivity contribution in [2.45, 2.75) is 71.9 Å². The highest BCUT2D eigenvalue weighted by Gasteiger charge is 2.30. The molecule has 0 aliphatic carbocycles. The van der Waals surface area contributed by atoms with Crippen LogP contribution in [0, 0.1) is 6.92 Å². The SMILES string of the molecule is Cc1c(NC(=O)OC(C)(C)C)ccc2c1NC(C)(C)CC2C. The predicted molar refractivity (Wildman–Crippen MR) is 91.8 cm³/mol. The van der Waals surface area contributed by atoms with Crippen LogP contribution in [-0.4, -0.2) is 17.2 Å². The first kappa shape index (κ1) is 16.7. The molecule has 1 aliphatic heterocycles. The molecule has 0 fully saturated rings. The number of amides is 1. The van der Waals surface area contributed by atoms with Gasteiger partial charge in [-0.1, -0.05) is 13.0 Å². The van der Waals surface area contributed by atoms with Crippen molar-refractivity contribution in [2.75, 3.05) is 10.6 Å². The van der Waals surface area contributed by atoms with Crippen molar-refractivity contribution < 1.29 is 9.53 Å². The second-order valence-electron chi connectivity index (χ2n) is 7.94. The summed E-state index contributed by atoms with van der Waals surface area (Å²) >= 11 is 0. The molecule has 4 nitrogen and oxygen atoms in total. The van der Waals surface area contributed by atoms with Gasteiger partial charge in [-0.25, -0.2) is 4.79 Å². The Labute approximate surface area is 133 Å². The van der Waals surface area contributed by atoms with Gasteiger partial charge in [0, 0.05) is 16.9 Å². The maximum atomic E-state index is 12.0. The predicted octanol–water partition coefficient (Wildman–Crippen LogP) is 5.04. The normalized spacial score (nSPS) is 19.9. The molecule has 1 heterocycles. The Morgan fingerprint density at radius 3 is 2.59 bits per heavy atom. The maximum absolute atomic E-state index is 12.0. The largest absolute Gasteiger partial charge is 0.444 e. The first-order chi connectivity index (χ1) is 9.98. The lowest BCUT2D eigenvalue weighted by atomic mass is 9.81. The quantitative estimate of drug-likeness (QED) is 0.764. The first-order valence-electron chi connectivity index (χ1n) is 7.90. The number of hydrogen-bond acceptors (Lipinski definition) is 3. The van der Waals surface area contributed by atoms with Crippen molar-refractivity contribution in [3.8, 4) is 0 Å². The van der Waals surface area contributed by atoms with Crippen molar-refractivity contribution in [1.29, 1.82) is 0 Å². The monoisotopic (exact) mass is 304 g/mol. The van der Waals surface area contributed by atoms with Gasteiger partial charge in [-0.3, -0.25) is 5.32 Å². The molecule has 0 saturated carbocycles. The van der Waals surface area contributed by atoms with Gasteiger partial charge in [0.05, 0.1) is 0 Å². The Hall–Kier alpha value is -1.71. The molecule has 0 spiro atoms. The molecule has 1 atom stereocenters. The van der Waals surface area contributed by atoms with Crippen LogP contribution in [0.2, 0.25) is 0 Å². The minimum absolute atomic E-state index is 0.0573. The molecule has 122 valence electrons. The van der Waals surface area contributed by atoms with Gasteiger partial charge in [-0.05, 0) is 71.1 Å². The minimum Gasteiger partial charge on any atom is -0.444 e. The summed E-state index contributed by atoms with van der Waals surface area (Å²) in [6.45, 7) is 14.3. The van der Waals surface area contributed by atoms with Crippen LogP contribution in [0.1, 0.15) is 65.0 Å². The van der Waals surface area contributed by atoms with Crippen LogP contribution in [0.3, 0.4) is 0 Å². The minimum atomic E-state index is -0.499. The second-order valence-corrected chi connectivity index (χ2v) is 7.94. The molecule has 1 aromatic rings. The summed E-state index contributed by atoms with van der Waals surface area (Å²) in [7, 11) is 0. The van der Waals surface area contributed by atoms with E-state index in [-0.39, 0.29) is 5.54 Å². The van der Waals surface area contributed by atoms with Gasteiger partial charge in [-0.2, -0.15) is 0 Å². The third-order valence-corrected chi connectivity index (χ3v) is 3.94. The number of benzene rings is 1. The molecule has 0 radical (unpaired) electrons. The molecule has 4 heteroatoms. The summed E-state index contributed by atoms with van der Waals surface area (Å²) < 4.78 is 5.33. The van der Waals surface area contributed by atoms with Gasteiger partial charge in [0.15, 0.2) is 0 Å². The standard InChI is InChI=1S/C18H28N2O2/c1-11-10-18(6,7)20-15-12(2)14(9-8-13(11)15)19-16(21)22-17(3,4)5/h8-9,11,20H,10H2,1-7H3,(H,19,21).